The first-order valence-electron chi connectivity index (χ1n) is 7.83. The van der Waals surface area contributed by atoms with Crippen LogP contribution in [0.5, 0.6) is 0 Å². The summed E-state index contributed by atoms with van der Waals surface area (Å²) in [5.74, 6) is 1.91. The van der Waals surface area contributed by atoms with Gasteiger partial charge in [-0.25, -0.2) is 4.98 Å². The van der Waals surface area contributed by atoms with Crippen LogP contribution in [0.25, 0.3) is 11.5 Å². The first kappa shape index (κ1) is 16.1. The molecule has 1 aromatic carbocycles. The Morgan fingerprint density at radius 3 is 3.00 bits per heavy atom. The number of rotatable bonds is 5. The van der Waals surface area contributed by atoms with Crippen LogP contribution in [0.1, 0.15) is 18.5 Å². The number of thioether (sulfide) groups is 1. The van der Waals surface area contributed by atoms with Gasteiger partial charge in [0.2, 0.25) is 11.8 Å². The Morgan fingerprint density at radius 1 is 1.39 bits per heavy atom. The Bertz CT molecular complexity index is 644. The number of benzene rings is 1. The second-order valence-corrected chi connectivity index (χ2v) is 6.73. The highest BCUT2D eigenvalue weighted by atomic mass is 32.2. The third-order valence-electron chi connectivity index (χ3n) is 3.86. The predicted octanol–water partition coefficient (Wildman–Crippen LogP) is 2.52. The van der Waals surface area contributed by atoms with Crippen molar-refractivity contribution in [3.05, 3.63) is 42.3 Å². The van der Waals surface area contributed by atoms with Gasteiger partial charge in [0.25, 0.3) is 0 Å². The molecule has 122 valence electrons. The van der Waals surface area contributed by atoms with Crippen molar-refractivity contribution in [2.75, 3.05) is 18.8 Å². The van der Waals surface area contributed by atoms with Gasteiger partial charge in [0.05, 0.1) is 11.4 Å². The summed E-state index contributed by atoms with van der Waals surface area (Å²) in [6, 6.07) is 9.92. The molecule has 1 aliphatic rings. The van der Waals surface area contributed by atoms with Crippen molar-refractivity contribution in [2.45, 2.75) is 24.6 Å². The molecule has 5 nitrogen and oxygen atoms in total. The number of hydrogen-bond donors (Lipinski definition) is 1. The highest BCUT2D eigenvalue weighted by Gasteiger charge is 2.21. The van der Waals surface area contributed by atoms with Gasteiger partial charge in [0, 0.05) is 30.4 Å². The molecule has 0 radical (unpaired) electrons. The molecule has 1 unspecified atom stereocenters. The number of amides is 1. The average molecular weight is 331 g/mol. The van der Waals surface area contributed by atoms with Crippen LogP contribution in [0, 0.1) is 0 Å². The standard InChI is InChI=1S/C17H21N3O2S/c18-14-7-4-8-20(9-14)16(21)12-23-11-15-10-22-17(19-15)13-5-2-1-3-6-13/h1-3,5-6,10,14H,4,7-9,11-12,18H2. The van der Waals surface area contributed by atoms with Crippen molar-refractivity contribution in [2.24, 2.45) is 5.73 Å². The summed E-state index contributed by atoms with van der Waals surface area (Å²) in [5.41, 5.74) is 7.74. The number of oxazole rings is 1. The normalized spacial score (nSPS) is 18.1. The number of nitrogens with zero attached hydrogens (tertiary/aromatic N) is 2. The number of carbonyl (C=O) groups is 1. The smallest absolute Gasteiger partial charge is 0.232 e. The molecule has 1 fully saturated rings. The monoisotopic (exact) mass is 331 g/mol. The molecule has 1 amide bonds. The van der Waals surface area contributed by atoms with E-state index in [-0.39, 0.29) is 11.9 Å². The second-order valence-electron chi connectivity index (χ2n) is 5.74. The van der Waals surface area contributed by atoms with E-state index in [1.807, 2.05) is 35.2 Å². The van der Waals surface area contributed by atoms with E-state index in [2.05, 4.69) is 4.98 Å². The summed E-state index contributed by atoms with van der Waals surface area (Å²) in [7, 11) is 0. The lowest BCUT2D eigenvalue weighted by molar-refractivity contribution is -0.129. The van der Waals surface area contributed by atoms with Crippen molar-refractivity contribution in [1.29, 1.82) is 0 Å². The van der Waals surface area contributed by atoms with Crippen LogP contribution in [0.15, 0.2) is 41.0 Å². The van der Waals surface area contributed by atoms with Crippen molar-refractivity contribution in [3.63, 3.8) is 0 Å². The maximum absolute atomic E-state index is 12.2. The molecule has 1 aliphatic heterocycles. The summed E-state index contributed by atoms with van der Waals surface area (Å²) in [4.78, 5) is 18.5. The molecule has 3 rings (SSSR count). The van der Waals surface area contributed by atoms with E-state index in [0.29, 0.717) is 23.9 Å². The van der Waals surface area contributed by atoms with Gasteiger partial charge in [-0.3, -0.25) is 4.79 Å². The molecular weight excluding hydrogens is 310 g/mol. The Hall–Kier alpha value is -1.79. The van der Waals surface area contributed by atoms with Crippen LogP contribution >= 0.6 is 11.8 Å². The van der Waals surface area contributed by atoms with E-state index in [4.69, 9.17) is 10.2 Å². The van der Waals surface area contributed by atoms with Crippen LogP contribution in [0.4, 0.5) is 0 Å². The molecule has 1 aromatic heterocycles. The highest BCUT2D eigenvalue weighted by molar-refractivity contribution is 7.99. The molecule has 2 N–H and O–H groups in total. The molecule has 2 heterocycles. The lowest BCUT2D eigenvalue weighted by Gasteiger charge is -2.30. The second kappa shape index (κ2) is 7.66. The van der Waals surface area contributed by atoms with Crippen molar-refractivity contribution < 1.29 is 9.21 Å². The lowest BCUT2D eigenvalue weighted by Crippen LogP contribution is -2.46. The van der Waals surface area contributed by atoms with E-state index >= 15 is 0 Å². The Morgan fingerprint density at radius 2 is 2.22 bits per heavy atom. The van der Waals surface area contributed by atoms with Crippen LogP contribution in [-0.2, 0) is 10.5 Å². The van der Waals surface area contributed by atoms with Gasteiger partial charge in [-0.2, -0.15) is 0 Å². The first-order chi connectivity index (χ1) is 11.2. The van der Waals surface area contributed by atoms with Crippen LogP contribution in [0.2, 0.25) is 0 Å². The van der Waals surface area contributed by atoms with Crippen LogP contribution in [-0.4, -0.2) is 40.7 Å². The fraction of sp³-hybridized carbons (Fsp3) is 0.412. The number of likely N-dealkylation sites (tertiary alicyclic amines) is 1. The van der Waals surface area contributed by atoms with Crippen LogP contribution < -0.4 is 5.73 Å². The minimum Gasteiger partial charge on any atom is -0.444 e. The van der Waals surface area contributed by atoms with Gasteiger partial charge in [-0.1, -0.05) is 18.2 Å². The summed E-state index contributed by atoms with van der Waals surface area (Å²) >= 11 is 1.56. The predicted molar refractivity (Wildman–Crippen MR) is 91.9 cm³/mol. The number of aromatic nitrogens is 1. The van der Waals surface area contributed by atoms with Gasteiger partial charge in [0.15, 0.2) is 0 Å². The Kier molecular flexibility index (Phi) is 5.35. The number of hydrogen-bond acceptors (Lipinski definition) is 5. The third kappa shape index (κ3) is 4.36. The quantitative estimate of drug-likeness (QED) is 0.911. The Balaban J connectivity index is 1.47. The van der Waals surface area contributed by atoms with Gasteiger partial charge in [0.1, 0.15) is 6.26 Å². The fourth-order valence-corrected chi connectivity index (χ4v) is 3.46. The zero-order chi connectivity index (χ0) is 16.1. The summed E-state index contributed by atoms with van der Waals surface area (Å²) < 4.78 is 5.50. The van der Waals surface area contributed by atoms with Gasteiger partial charge >= 0.3 is 0 Å². The Labute approximate surface area is 140 Å². The molecule has 1 saturated heterocycles. The molecule has 1 atom stereocenters. The molecule has 0 spiro atoms. The van der Waals surface area contributed by atoms with Gasteiger partial charge < -0.3 is 15.1 Å². The van der Waals surface area contributed by atoms with Crippen molar-refractivity contribution in [1.82, 2.24) is 9.88 Å². The zero-order valence-electron chi connectivity index (χ0n) is 13.0. The van der Waals surface area contributed by atoms with E-state index < -0.39 is 0 Å². The third-order valence-corrected chi connectivity index (χ3v) is 4.81. The van der Waals surface area contributed by atoms with E-state index in [1.165, 1.54) is 0 Å². The molecule has 0 bridgehead atoms. The maximum atomic E-state index is 12.2. The molecule has 0 aliphatic carbocycles. The molecule has 23 heavy (non-hydrogen) atoms. The fourth-order valence-electron chi connectivity index (χ4n) is 2.66. The lowest BCUT2D eigenvalue weighted by atomic mass is 10.1. The summed E-state index contributed by atoms with van der Waals surface area (Å²) in [5, 5.41) is 0. The van der Waals surface area contributed by atoms with Gasteiger partial charge in [-0.15, -0.1) is 11.8 Å². The first-order valence-corrected chi connectivity index (χ1v) is 8.99. The van der Waals surface area contributed by atoms with E-state index in [9.17, 15) is 4.79 Å². The number of piperidine rings is 1. The van der Waals surface area contributed by atoms with E-state index in [1.54, 1.807) is 18.0 Å². The average Bonchev–Trinajstić information content (AvgIpc) is 3.04. The maximum Gasteiger partial charge on any atom is 0.232 e. The van der Waals surface area contributed by atoms with Crippen molar-refractivity contribution in [3.8, 4) is 11.5 Å². The summed E-state index contributed by atoms with van der Waals surface area (Å²) in [6.45, 7) is 1.51. The topological polar surface area (TPSA) is 72.4 Å². The zero-order valence-corrected chi connectivity index (χ0v) is 13.8. The molecule has 0 saturated carbocycles. The minimum atomic E-state index is 0.127. The van der Waals surface area contributed by atoms with Gasteiger partial charge in [-0.05, 0) is 25.0 Å². The van der Waals surface area contributed by atoms with Crippen molar-refractivity contribution >= 4 is 17.7 Å². The van der Waals surface area contributed by atoms with Crippen LogP contribution in [0.3, 0.4) is 0 Å². The highest BCUT2D eigenvalue weighted by Crippen LogP contribution is 2.20. The number of carbonyl (C=O) groups excluding carboxylic acids is 1. The van der Waals surface area contributed by atoms with E-state index in [0.717, 1.165) is 30.6 Å². The summed E-state index contributed by atoms with van der Waals surface area (Å²) in [6.07, 6.45) is 3.68. The number of nitrogens with two attached hydrogens (primary N) is 1. The SMILES string of the molecule is NC1CCCN(C(=O)CSCc2coc(-c3ccccc3)n2)C1. The minimum absolute atomic E-state index is 0.127. The molecule has 2 aromatic rings. The molecular formula is C17H21N3O2S. The molecule has 6 heteroatoms. The largest absolute Gasteiger partial charge is 0.444 e.